The molecule has 0 aromatic heterocycles. The molecule has 2 rings (SSSR count). The molecule has 0 aliphatic carbocycles. The lowest BCUT2D eigenvalue weighted by atomic mass is 10.1. The molecule has 0 heterocycles. The molecule has 0 radical (unpaired) electrons. The van der Waals surface area contributed by atoms with Crippen LogP contribution in [0.3, 0.4) is 0 Å². The molecular formula is C20H25ClN2O2. The van der Waals surface area contributed by atoms with Gasteiger partial charge >= 0.3 is 6.03 Å². The summed E-state index contributed by atoms with van der Waals surface area (Å²) in [5, 5.41) is 6.47. The Morgan fingerprint density at radius 2 is 1.84 bits per heavy atom. The van der Waals surface area contributed by atoms with Crippen molar-refractivity contribution in [1.29, 1.82) is 0 Å². The smallest absolute Gasteiger partial charge is 0.315 e. The van der Waals surface area contributed by atoms with Gasteiger partial charge < -0.3 is 15.4 Å². The fraction of sp³-hybridized carbons (Fsp3) is 0.350. The molecule has 0 atom stereocenters. The first kappa shape index (κ1) is 19.3. The van der Waals surface area contributed by atoms with E-state index in [9.17, 15) is 4.79 Å². The Morgan fingerprint density at radius 1 is 1.08 bits per heavy atom. The maximum Gasteiger partial charge on any atom is 0.315 e. The number of benzene rings is 2. The van der Waals surface area contributed by atoms with Crippen LogP contribution in [0.4, 0.5) is 4.79 Å². The zero-order chi connectivity index (χ0) is 18.1. The molecule has 0 aliphatic rings. The Kier molecular flexibility index (Phi) is 7.76. The molecule has 2 aromatic rings. The average molecular weight is 361 g/mol. The molecule has 0 aliphatic heterocycles. The number of hydrogen-bond donors (Lipinski definition) is 2. The highest BCUT2D eigenvalue weighted by Gasteiger charge is 2.06. The Balaban J connectivity index is 1.76. The number of halogens is 1. The van der Waals surface area contributed by atoms with Crippen LogP contribution < -0.4 is 10.6 Å². The van der Waals surface area contributed by atoms with Crippen molar-refractivity contribution in [2.75, 3.05) is 6.54 Å². The Morgan fingerprint density at radius 3 is 2.56 bits per heavy atom. The van der Waals surface area contributed by atoms with Crippen LogP contribution in [-0.4, -0.2) is 18.7 Å². The van der Waals surface area contributed by atoms with E-state index in [1.165, 1.54) is 0 Å². The van der Waals surface area contributed by atoms with Crippen LogP contribution in [0, 0.1) is 0 Å². The standard InChI is InChI=1S/C20H25ClN2O2/c1-15(2)25-14-18-8-4-3-7-17(18)13-23-20(24)22-11-10-16-6-5-9-19(21)12-16/h3-9,12,15H,10-11,13-14H2,1-2H3,(H2,22,23,24). The Bertz CT molecular complexity index is 689. The van der Waals surface area contributed by atoms with E-state index in [1.807, 2.05) is 62.4 Å². The van der Waals surface area contributed by atoms with Crippen molar-refractivity contribution in [2.45, 2.75) is 39.5 Å². The first-order valence-electron chi connectivity index (χ1n) is 8.49. The molecule has 0 fully saturated rings. The van der Waals surface area contributed by atoms with Crippen molar-refractivity contribution in [3.05, 3.63) is 70.2 Å². The summed E-state index contributed by atoms with van der Waals surface area (Å²) in [6.45, 7) is 5.60. The predicted molar refractivity (Wildman–Crippen MR) is 102 cm³/mol. The van der Waals surface area contributed by atoms with Crippen molar-refractivity contribution in [2.24, 2.45) is 0 Å². The molecule has 5 heteroatoms. The van der Waals surface area contributed by atoms with E-state index in [1.54, 1.807) is 0 Å². The summed E-state index contributed by atoms with van der Waals surface area (Å²) < 4.78 is 5.66. The minimum absolute atomic E-state index is 0.177. The minimum atomic E-state index is -0.179. The molecule has 2 N–H and O–H groups in total. The fourth-order valence-corrected chi connectivity index (χ4v) is 2.59. The normalized spacial score (nSPS) is 10.7. The molecular weight excluding hydrogens is 336 g/mol. The van der Waals surface area contributed by atoms with Gasteiger partial charge in [-0.1, -0.05) is 48.0 Å². The first-order chi connectivity index (χ1) is 12.0. The summed E-state index contributed by atoms with van der Waals surface area (Å²) in [5.41, 5.74) is 3.26. The first-order valence-corrected chi connectivity index (χ1v) is 8.87. The maximum absolute atomic E-state index is 12.0. The third kappa shape index (κ3) is 7.16. The summed E-state index contributed by atoms with van der Waals surface area (Å²) in [7, 11) is 0. The number of ether oxygens (including phenoxy) is 1. The van der Waals surface area contributed by atoms with Gasteiger partial charge in [-0.05, 0) is 49.1 Å². The molecule has 0 spiro atoms. The molecule has 4 nitrogen and oxygen atoms in total. The van der Waals surface area contributed by atoms with Crippen LogP contribution in [0.25, 0.3) is 0 Å². The van der Waals surface area contributed by atoms with Crippen molar-refractivity contribution in [3.8, 4) is 0 Å². The van der Waals surface area contributed by atoms with Crippen molar-refractivity contribution < 1.29 is 9.53 Å². The fourth-order valence-electron chi connectivity index (χ4n) is 2.38. The Hall–Kier alpha value is -2.04. The monoisotopic (exact) mass is 360 g/mol. The van der Waals surface area contributed by atoms with Gasteiger partial charge in [0.2, 0.25) is 0 Å². The zero-order valence-electron chi connectivity index (χ0n) is 14.7. The van der Waals surface area contributed by atoms with E-state index in [0.717, 1.165) is 23.1 Å². The predicted octanol–water partition coefficient (Wildman–Crippen LogP) is 4.31. The van der Waals surface area contributed by atoms with E-state index >= 15 is 0 Å². The molecule has 25 heavy (non-hydrogen) atoms. The number of carbonyl (C=O) groups excluding carboxylic acids is 1. The van der Waals surface area contributed by atoms with Gasteiger partial charge in [-0.3, -0.25) is 0 Å². The van der Waals surface area contributed by atoms with Gasteiger partial charge in [0.25, 0.3) is 0 Å². The second-order valence-corrected chi connectivity index (χ2v) is 6.55. The van der Waals surface area contributed by atoms with E-state index in [0.29, 0.717) is 24.7 Å². The van der Waals surface area contributed by atoms with Crippen LogP contribution in [0.5, 0.6) is 0 Å². The van der Waals surface area contributed by atoms with E-state index < -0.39 is 0 Å². The van der Waals surface area contributed by atoms with Gasteiger partial charge in [0, 0.05) is 18.1 Å². The average Bonchev–Trinajstić information content (AvgIpc) is 2.59. The highest BCUT2D eigenvalue weighted by atomic mass is 35.5. The van der Waals surface area contributed by atoms with Crippen LogP contribution >= 0.6 is 11.6 Å². The summed E-state index contributed by atoms with van der Waals surface area (Å²) >= 11 is 5.95. The van der Waals surface area contributed by atoms with Gasteiger partial charge in [-0.25, -0.2) is 4.79 Å². The summed E-state index contributed by atoms with van der Waals surface area (Å²) in [6.07, 6.45) is 0.920. The molecule has 0 saturated carbocycles. The van der Waals surface area contributed by atoms with Gasteiger partial charge in [-0.2, -0.15) is 0 Å². The molecule has 0 bridgehead atoms. The lowest BCUT2D eigenvalue weighted by Gasteiger charge is -2.13. The van der Waals surface area contributed by atoms with Gasteiger partial charge in [0.1, 0.15) is 0 Å². The molecule has 0 unspecified atom stereocenters. The van der Waals surface area contributed by atoms with Crippen LogP contribution in [0.15, 0.2) is 48.5 Å². The van der Waals surface area contributed by atoms with Crippen molar-refractivity contribution >= 4 is 17.6 Å². The largest absolute Gasteiger partial charge is 0.374 e. The van der Waals surface area contributed by atoms with E-state index in [4.69, 9.17) is 16.3 Å². The van der Waals surface area contributed by atoms with Crippen molar-refractivity contribution in [1.82, 2.24) is 10.6 Å². The number of amides is 2. The second kappa shape index (κ2) is 10.1. The number of hydrogen-bond acceptors (Lipinski definition) is 2. The summed E-state index contributed by atoms with van der Waals surface area (Å²) in [4.78, 5) is 12.0. The highest BCUT2D eigenvalue weighted by molar-refractivity contribution is 6.30. The van der Waals surface area contributed by atoms with Gasteiger partial charge in [0.05, 0.1) is 12.7 Å². The third-order valence-electron chi connectivity index (χ3n) is 3.72. The minimum Gasteiger partial charge on any atom is -0.374 e. The van der Waals surface area contributed by atoms with Crippen LogP contribution in [0.1, 0.15) is 30.5 Å². The zero-order valence-corrected chi connectivity index (χ0v) is 15.5. The number of nitrogens with one attached hydrogen (secondary N) is 2. The second-order valence-electron chi connectivity index (χ2n) is 6.12. The molecule has 2 amide bonds. The Labute approximate surface area is 154 Å². The van der Waals surface area contributed by atoms with E-state index in [-0.39, 0.29) is 12.1 Å². The summed E-state index contributed by atoms with van der Waals surface area (Å²) in [5.74, 6) is 0. The van der Waals surface area contributed by atoms with E-state index in [2.05, 4.69) is 10.6 Å². The third-order valence-corrected chi connectivity index (χ3v) is 3.95. The lowest BCUT2D eigenvalue weighted by Crippen LogP contribution is -2.36. The topological polar surface area (TPSA) is 50.4 Å². The molecule has 134 valence electrons. The number of rotatable bonds is 8. The maximum atomic E-state index is 12.0. The number of urea groups is 1. The van der Waals surface area contributed by atoms with Gasteiger partial charge in [0.15, 0.2) is 0 Å². The quantitative estimate of drug-likeness (QED) is 0.737. The lowest BCUT2D eigenvalue weighted by molar-refractivity contribution is 0.0652. The highest BCUT2D eigenvalue weighted by Crippen LogP contribution is 2.12. The SMILES string of the molecule is CC(C)OCc1ccccc1CNC(=O)NCCc1cccc(Cl)c1. The van der Waals surface area contributed by atoms with Crippen molar-refractivity contribution in [3.63, 3.8) is 0 Å². The molecule has 0 saturated heterocycles. The van der Waals surface area contributed by atoms with Gasteiger partial charge in [-0.15, -0.1) is 0 Å². The molecule has 2 aromatic carbocycles. The summed E-state index contributed by atoms with van der Waals surface area (Å²) in [6, 6.07) is 15.5. The van der Waals surface area contributed by atoms with Crippen LogP contribution in [-0.2, 0) is 24.3 Å². The number of carbonyl (C=O) groups is 1. The van der Waals surface area contributed by atoms with Crippen LogP contribution in [0.2, 0.25) is 5.02 Å².